The van der Waals surface area contributed by atoms with Gasteiger partial charge in [0.2, 0.25) is 11.8 Å². The van der Waals surface area contributed by atoms with E-state index in [0.29, 0.717) is 42.0 Å². The van der Waals surface area contributed by atoms with E-state index in [2.05, 4.69) is 21.8 Å². The Hall–Kier alpha value is -4.51. The largest absolute Gasteiger partial charge is 0.508 e. The zero-order valence-electron chi connectivity index (χ0n) is 24.6. The van der Waals surface area contributed by atoms with E-state index in [0.717, 1.165) is 43.0 Å². The van der Waals surface area contributed by atoms with Crippen LogP contribution in [0.15, 0.2) is 48.5 Å². The van der Waals surface area contributed by atoms with Crippen LogP contribution in [0.1, 0.15) is 32.1 Å². The number of hydrogen-bond acceptors (Lipinski definition) is 8. The van der Waals surface area contributed by atoms with Gasteiger partial charge in [-0.05, 0) is 73.8 Å². The van der Waals surface area contributed by atoms with Crippen molar-refractivity contribution in [2.24, 2.45) is 5.73 Å². The second-order valence-corrected chi connectivity index (χ2v) is 12.2. The zero-order valence-corrected chi connectivity index (χ0v) is 24.6. The number of primary amides is 1. The number of carbonyl (C=O) groups excluding carboxylic acids is 2. The molecule has 10 nitrogen and oxygen atoms in total. The maximum atomic E-state index is 16.6. The first-order valence-corrected chi connectivity index (χ1v) is 15.2. The number of phenolic OH excluding ortho intramolecular Hbond substituents is 1. The SMILES string of the molecule is CN1CCCC1COc1nc(N2CC3CCC(C2)N3C(=O)CC(N)=O)c2ccc(-c3cc(O)cc4ccccc34)c(F)c2n1. The number of fused-ring (bicyclic) bond motifs is 4. The number of aromatic nitrogens is 2. The molecule has 1 aromatic heterocycles. The number of phenols is 1. The molecule has 3 aliphatic rings. The van der Waals surface area contributed by atoms with Crippen LogP contribution in [0.25, 0.3) is 32.8 Å². The number of benzene rings is 3. The molecule has 4 heterocycles. The molecule has 44 heavy (non-hydrogen) atoms. The highest BCUT2D eigenvalue weighted by Gasteiger charge is 2.43. The lowest BCUT2D eigenvalue weighted by atomic mass is 9.96. The Labute approximate surface area is 254 Å². The predicted octanol–water partition coefficient (Wildman–Crippen LogP) is 3.82. The minimum Gasteiger partial charge on any atom is -0.508 e. The van der Waals surface area contributed by atoms with Gasteiger partial charge in [-0.15, -0.1) is 0 Å². The molecule has 11 heteroatoms. The predicted molar refractivity (Wildman–Crippen MR) is 165 cm³/mol. The van der Waals surface area contributed by atoms with Gasteiger partial charge in [-0.1, -0.05) is 30.3 Å². The topological polar surface area (TPSA) is 125 Å². The third-order valence-corrected chi connectivity index (χ3v) is 9.37. The van der Waals surface area contributed by atoms with E-state index in [4.69, 9.17) is 15.5 Å². The van der Waals surface area contributed by atoms with Crippen LogP contribution in [0.5, 0.6) is 11.8 Å². The maximum Gasteiger partial charge on any atom is 0.319 e. The fourth-order valence-corrected chi connectivity index (χ4v) is 7.24. The highest BCUT2D eigenvalue weighted by atomic mass is 19.1. The van der Waals surface area contributed by atoms with Crippen LogP contribution >= 0.6 is 0 Å². The van der Waals surface area contributed by atoms with E-state index >= 15 is 4.39 Å². The summed E-state index contributed by atoms with van der Waals surface area (Å²) in [6.07, 6.45) is 3.38. The third-order valence-electron chi connectivity index (χ3n) is 9.37. The number of likely N-dealkylation sites (tertiary alicyclic amines) is 1. The highest BCUT2D eigenvalue weighted by Crippen LogP contribution is 2.40. The van der Waals surface area contributed by atoms with Crippen molar-refractivity contribution in [2.45, 2.75) is 50.2 Å². The van der Waals surface area contributed by atoms with Gasteiger partial charge >= 0.3 is 6.01 Å². The lowest BCUT2D eigenvalue weighted by molar-refractivity contribution is -0.137. The fourth-order valence-electron chi connectivity index (χ4n) is 7.24. The summed E-state index contributed by atoms with van der Waals surface area (Å²) < 4.78 is 22.8. The molecule has 3 unspecified atom stereocenters. The van der Waals surface area contributed by atoms with Crippen molar-refractivity contribution < 1.29 is 23.8 Å². The van der Waals surface area contributed by atoms with Gasteiger partial charge in [-0.3, -0.25) is 9.59 Å². The number of halogens is 1. The van der Waals surface area contributed by atoms with Gasteiger partial charge in [0.25, 0.3) is 0 Å². The molecule has 2 bridgehead atoms. The van der Waals surface area contributed by atoms with Crippen LogP contribution in [-0.4, -0.2) is 88.1 Å². The molecule has 4 aromatic rings. The van der Waals surface area contributed by atoms with E-state index in [-0.39, 0.29) is 47.7 Å². The van der Waals surface area contributed by atoms with E-state index in [9.17, 15) is 14.7 Å². The van der Waals surface area contributed by atoms with Crippen molar-refractivity contribution >= 4 is 39.3 Å². The van der Waals surface area contributed by atoms with Gasteiger partial charge in [-0.25, -0.2) is 4.39 Å². The molecule has 0 aliphatic carbocycles. The van der Waals surface area contributed by atoms with E-state index < -0.39 is 11.7 Å². The number of amides is 2. The molecule has 0 spiro atoms. The minimum atomic E-state index is -0.640. The molecule has 3 N–H and O–H groups in total. The summed E-state index contributed by atoms with van der Waals surface area (Å²) in [6.45, 7) is 2.35. The average Bonchev–Trinajstić information content (AvgIpc) is 3.53. The van der Waals surface area contributed by atoms with E-state index in [1.54, 1.807) is 23.1 Å². The second kappa shape index (κ2) is 11.2. The molecular weight excluding hydrogens is 563 g/mol. The number of anilines is 1. The monoisotopic (exact) mass is 598 g/mol. The van der Waals surface area contributed by atoms with Gasteiger partial charge < -0.3 is 30.3 Å². The van der Waals surface area contributed by atoms with Crippen LogP contribution in [0.4, 0.5) is 10.2 Å². The summed E-state index contributed by atoms with van der Waals surface area (Å²) >= 11 is 0. The van der Waals surface area contributed by atoms with Gasteiger partial charge in [0.15, 0.2) is 5.82 Å². The summed E-state index contributed by atoms with van der Waals surface area (Å²) in [6, 6.07) is 14.4. The molecule has 3 aromatic carbocycles. The first kappa shape index (κ1) is 28.3. The third kappa shape index (κ3) is 5.04. The molecule has 7 rings (SSSR count). The number of nitrogens with zero attached hydrogens (tertiary/aromatic N) is 5. The number of ether oxygens (including phenoxy) is 1. The van der Waals surface area contributed by atoms with Crippen LogP contribution < -0.4 is 15.4 Å². The summed E-state index contributed by atoms with van der Waals surface area (Å²) in [5.41, 5.74) is 6.33. The summed E-state index contributed by atoms with van der Waals surface area (Å²) in [5, 5.41) is 12.6. The van der Waals surface area contributed by atoms with Crippen molar-refractivity contribution in [3.63, 3.8) is 0 Å². The molecule has 3 fully saturated rings. The highest BCUT2D eigenvalue weighted by molar-refractivity contribution is 6.01. The van der Waals surface area contributed by atoms with E-state index in [1.807, 2.05) is 30.3 Å². The fraction of sp³-hybridized carbons (Fsp3) is 0.394. The summed E-state index contributed by atoms with van der Waals surface area (Å²) in [7, 11) is 2.06. The molecule has 228 valence electrons. The number of nitrogens with two attached hydrogens (primary N) is 1. The van der Waals surface area contributed by atoms with E-state index in [1.165, 1.54) is 0 Å². The molecular formula is C33H35FN6O4. The number of likely N-dealkylation sites (N-methyl/N-ethyl adjacent to an activating group) is 1. The van der Waals surface area contributed by atoms with Gasteiger partial charge in [-0.2, -0.15) is 9.97 Å². The lowest BCUT2D eigenvalue weighted by Crippen LogP contribution is -2.56. The quantitative estimate of drug-likeness (QED) is 0.308. The molecule has 3 saturated heterocycles. The number of piperazine rings is 1. The summed E-state index contributed by atoms with van der Waals surface area (Å²) in [4.78, 5) is 39.9. The average molecular weight is 599 g/mol. The first-order chi connectivity index (χ1) is 21.3. The maximum absolute atomic E-state index is 16.6. The van der Waals surface area contributed by atoms with Crippen molar-refractivity contribution in [2.75, 3.05) is 38.2 Å². The Balaban J connectivity index is 1.30. The molecule has 3 atom stereocenters. The van der Waals surface area contributed by atoms with Crippen molar-refractivity contribution in [1.29, 1.82) is 0 Å². The van der Waals surface area contributed by atoms with Crippen molar-refractivity contribution in [3.05, 3.63) is 54.3 Å². The lowest BCUT2D eigenvalue weighted by Gasteiger charge is -2.41. The molecule has 2 amide bonds. The number of aromatic hydroxyl groups is 1. The minimum absolute atomic E-state index is 0.0468. The van der Waals surface area contributed by atoms with Crippen molar-refractivity contribution in [1.82, 2.24) is 19.8 Å². The smallest absolute Gasteiger partial charge is 0.319 e. The molecule has 0 radical (unpaired) electrons. The molecule has 3 aliphatic heterocycles. The van der Waals surface area contributed by atoms with Crippen molar-refractivity contribution in [3.8, 4) is 22.9 Å². The van der Waals surface area contributed by atoms with Crippen LogP contribution in [-0.2, 0) is 9.59 Å². The summed E-state index contributed by atoms with van der Waals surface area (Å²) in [5.74, 6) is -0.821. The first-order valence-electron chi connectivity index (χ1n) is 15.2. The van der Waals surface area contributed by atoms with Crippen LogP contribution in [0.2, 0.25) is 0 Å². The number of hydrogen-bond donors (Lipinski definition) is 2. The standard InChI is InChI=1S/C33H35FN6O4/c1-38-12-4-6-22(38)18-44-33-36-31-26(11-10-25(30(31)34)27-14-23(41)13-19-5-2-3-7-24(19)27)32(37-33)39-16-20-8-9-21(17-39)40(20)29(43)15-28(35)42/h2-3,5,7,10-11,13-14,20-22,41H,4,6,8-9,12,15-18H2,1H3,(H2,35,42). The Bertz CT molecular complexity index is 1770. The van der Waals surface area contributed by atoms with Gasteiger partial charge in [0.1, 0.15) is 30.1 Å². The Morgan fingerprint density at radius 3 is 2.52 bits per heavy atom. The van der Waals surface area contributed by atoms with Gasteiger partial charge in [0.05, 0.1) is 0 Å². The second-order valence-electron chi connectivity index (χ2n) is 12.2. The number of rotatable bonds is 7. The number of carbonyl (C=O) groups is 2. The Morgan fingerprint density at radius 1 is 1.02 bits per heavy atom. The normalized spacial score (nSPS) is 21.8. The zero-order chi connectivity index (χ0) is 30.5. The van der Waals surface area contributed by atoms with Gasteiger partial charge in [0, 0.05) is 42.2 Å². The molecule has 0 saturated carbocycles. The Kier molecular flexibility index (Phi) is 7.20. The Morgan fingerprint density at radius 2 is 1.80 bits per heavy atom. The van der Waals surface area contributed by atoms with Crippen LogP contribution in [0.3, 0.4) is 0 Å². The van der Waals surface area contributed by atoms with Crippen LogP contribution in [0, 0.1) is 5.82 Å².